The molecule has 4 rings (SSSR count). The third kappa shape index (κ3) is 4.01. The molecule has 1 saturated heterocycles. The normalized spacial score (nSPS) is 18.1. The van der Waals surface area contributed by atoms with E-state index < -0.39 is 0 Å². The Morgan fingerprint density at radius 1 is 1.48 bits per heavy atom. The Bertz CT molecular complexity index is 948. The highest BCUT2D eigenvalue weighted by Crippen LogP contribution is 2.15. The van der Waals surface area contributed by atoms with Crippen LogP contribution >= 0.6 is 0 Å². The van der Waals surface area contributed by atoms with Crippen LogP contribution in [0.3, 0.4) is 0 Å². The van der Waals surface area contributed by atoms with Crippen molar-refractivity contribution in [3.8, 4) is 0 Å². The third-order valence-electron chi connectivity index (χ3n) is 4.81. The highest BCUT2D eigenvalue weighted by Gasteiger charge is 2.20. The Balaban J connectivity index is 1.35. The number of imidazole rings is 1. The van der Waals surface area contributed by atoms with Crippen LogP contribution in [0, 0.1) is 6.92 Å². The summed E-state index contributed by atoms with van der Waals surface area (Å²) >= 11 is 0. The number of rotatable bonds is 5. The molecule has 0 aromatic carbocycles. The number of nitrogens with zero attached hydrogens (tertiary/aromatic N) is 4. The van der Waals surface area contributed by atoms with Crippen LogP contribution in [-0.2, 0) is 13.1 Å². The van der Waals surface area contributed by atoms with Crippen molar-refractivity contribution in [2.24, 2.45) is 0 Å². The fourth-order valence-electron chi connectivity index (χ4n) is 3.44. The number of aliphatic hydroxyl groups excluding tert-OH is 1. The lowest BCUT2D eigenvalue weighted by molar-refractivity contribution is 0.0622. The minimum atomic E-state index is -0.294. The maximum atomic E-state index is 12.3. The van der Waals surface area contributed by atoms with E-state index in [9.17, 15) is 9.90 Å². The van der Waals surface area contributed by atoms with Crippen molar-refractivity contribution in [1.82, 2.24) is 24.8 Å². The summed E-state index contributed by atoms with van der Waals surface area (Å²) in [7, 11) is 0. The quantitative estimate of drug-likeness (QED) is 0.708. The van der Waals surface area contributed by atoms with Gasteiger partial charge in [-0.3, -0.25) is 9.69 Å². The van der Waals surface area contributed by atoms with Gasteiger partial charge >= 0.3 is 0 Å². The zero-order chi connectivity index (χ0) is 18.8. The predicted octanol–water partition coefficient (Wildman–Crippen LogP) is 1.52. The SMILES string of the molecule is Cc1cccn2cc(CNC(=O)c3cc(CN4CCC[C@H](O)C4)on3)nc12. The molecule has 142 valence electrons. The van der Waals surface area contributed by atoms with E-state index in [0.717, 1.165) is 36.3 Å². The van der Waals surface area contributed by atoms with Crippen molar-refractivity contribution in [2.45, 2.75) is 39.0 Å². The molecule has 2 N–H and O–H groups in total. The Kier molecular flexibility index (Phi) is 4.91. The van der Waals surface area contributed by atoms with Gasteiger partial charge in [0.25, 0.3) is 5.91 Å². The van der Waals surface area contributed by atoms with Crippen LogP contribution in [0.4, 0.5) is 0 Å². The largest absolute Gasteiger partial charge is 0.392 e. The molecule has 0 unspecified atom stereocenters. The number of carbonyl (C=O) groups is 1. The summed E-state index contributed by atoms with van der Waals surface area (Å²) in [4.78, 5) is 19.0. The van der Waals surface area contributed by atoms with Gasteiger partial charge in [-0.05, 0) is 37.9 Å². The van der Waals surface area contributed by atoms with E-state index in [-0.39, 0.29) is 17.7 Å². The van der Waals surface area contributed by atoms with Gasteiger partial charge in [0.1, 0.15) is 5.65 Å². The van der Waals surface area contributed by atoms with Crippen LogP contribution in [-0.4, -0.2) is 49.6 Å². The first-order chi connectivity index (χ1) is 13.1. The molecule has 0 saturated carbocycles. The van der Waals surface area contributed by atoms with Gasteiger partial charge in [-0.15, -0.1) is 0 Å². The number of pyridine rings is 1. The summed E-state index contributed by atoms with van der Waals surface area (Å²) in [5.41, 5.74) is 3.00. The van der Waals surface area contributed by atoms with Crippen molar-refractivity contribution in [1.29, 1.82) is 0 Å². The first-order valence-electron chi connectivity index (χ1n) is 9.16. The highest BCUT2D eigenvalue weighted by molar-refractivity contribution is 5.92. The molecule has 3 aromatic rings. The molecular weight excluding hydrogens is 346 g/mol. The summed E-state index contributed by atoms with van der Waals surface area (Å²) in [6, 6.07) is 5.62. The molecule has 8 nitrogen and oxygen atoms in total. The third-order valence-corrected chi connectivity index (χ3v) is 4.81. The smallest absolute Gasteiger partial charge is 0.273 e. The number of hydrogen-bond donors (Lipinski definition) is 2. The van der Waals surface area contributed by atoms with Crippen molar-refractivity contribution in [2.75, 3.05) is 13.1 Å². The minimum absolute atomic E-state index is 0.252. The van der Waals surface area contributed by atoms with Gasteiger partial charge in [-0.25, -0.2) is 4.98 Å². The lowest BCUT2D eigenvalue weighted by atomic mass is 10.1. The minimum Gasteiger partial charge on any atom is -0.392 e. The molecule has 1 amide bonds. The monoisotopic (exact) mass is 369 g/mol. The Morgan fingerprint density at radius 2 is 2.37 bits per heavy atom. The average molecular weight is 369 g/mol. The topological polar surface area (TPSA) is 95.9 Å². The van der Waals surface area contributed by atoms with Crippen LogP contribution in [0.15, 0.2) is 35.1 Å². The molecule has 0 radical (unpaired) electrons. The Hall–Kier alpha value is -2.71. The van der Waals surface area contributed by atoms with Crippen LogP contribution in [0.25, 0.3) is 5.65 Å². The van der Waals surface area contributed by atoms with Crippen LogP contribution < -0.4 is 5.32 Å². The molecule has 1 atom stereocenters. The molecule has 8 heteroatoms. The van der Waals surface area contributed by atoms with E-state index in [2.05, 4.69) is 20.4 Å². The number of nitrogens with one attached hydrogen (secondary N) is 1. The number of aryl methyl sites for hydroxylation is 1. The van der Waals surface area contributed by atoms with E-state index in [1.54, 1.807) is 6.07 Å². The number of hydrogen-bond acceptors (Lipinski definition) is 6. The highest BCUT2D eigenvalue weighted by atomic mass is 16.5. The van der Waals surface area contributed by atoms with Crippen molar-refractivity contribution >= 4 is 11.6 Å². The van der Waals surface area contributed by atoms with Crippen LogP contribution in [0.5, 0.6) is 0 Å². The Morgan fingerprint density at radius 3 is 3.19 bits per heavy atom. The average Bonchev–Trinajstić information content (AvgIpc) is 3.27. The molecular formula is C19H23N5O3. The van der Waals surface area contributed by atoms with E-state index in [0.29, 0.717) is 25.4 Å². The molecule has 3 aromatic heterocycles. The molecule has 0 bridgehead atoms. The number of fused-ring (bicyclic) bond motifs is 1. The second-order valence-electron chi connectivity index (χ2n) is 7.05. The molecule has 4 heterocycles. The fraction of sp³-hybridized carbons (Fsp3) is 0.421. The molecule has 1 aliphatic rings. The van der Waals surface area contributed by atoms with E-state index >= 15 is 0 Å². The van der Waals surface area contributed by atoms with Gasteiger partial charge in [0.2, 0.25) is 0 Å². The number of amides is 1. The maximum absolute atomic E-state index is 12.3. The lowest BCUT2D eigenvalue weighted by Gasteiger charge is -2.28. The molecule has 27 heavy (non-hydrogen) atoms. The zero-order valence-corrected chi connectivity index (χ0v) is 15.3. The van der Waals surface area contributed by atoms with Crippen LogP contribution in [0.2, 0.25) is 0 Å². The number of carbonyl (C=O) groups excluding carboxylic acids is 1. The van der Waals surface area contributed by atoms with Gasteiger partial charge in [0.15, 0.2) is 11.5 Å². The maximum Gasteiger partial charge on any atom is 0.273 e. The second kappa shape index (κ2) is 7.50. The van der Waals surface area contributed by atoms with Gasteiger partial charge in [0.05, 0.1) is 24.9 Å². The van der Waals surface area contributed by atoms with Crippen molar-refractivity contribution in [3.05, 3.63) is 53.3 Å². The van der Waals surface area contributed by atoms with Crippen molar-refractivity contribution in [3.63, 3.8) is 0 Å². The summed E-state index contributed by atoms with van der Waals surface area (Å²) in [6.07, 6.45) is 5.34. The number of β-amino-alcohol motifs (C(OH)–C–C–N with tert-alkyl or cyclic N) is 1. The zero-order valence-electron chi connectivity index (χ0n) is 15.3. The van der Waals surface area contributed by atoms with Gasteiger partial charge in [-0.1, -0.05) is 11.2 Å². The molecule has 1 aliphatic heterocycles. The first-order valence-corrected chi connectivity index (χ1v) is 9.16. The number of aromatic nitrogens is 3. The van der Waals surface area contributed by atoms with Gasteiger partial charge in [0, 0.05) is 25.0 Å². The molecule has 0 spiro atoms. The van der Waals surface area contributed by atoms with Gasteiger partial charge < -0.3 is 19.3 Å². The summed E-state index contributed by atoms with van der Waals surface area (Å²) in [6.45, 7) is 4.40. The Labute approximate surface area is 156 Å². The number of piperidine rings is 1. The van der Waals surface area contributed by atoms with E-state index in [1.165, 1.54) is 0 Å². The molecule has 0 aliphatic carbocycles. The fourth-order valence-corrected chi connectivity index (χ4v) is 3.44. The van der Waals surface area contributed by atoms with Gasteiger partial charge in [-0.2, -0.15) is 0 Å². The summed E-state index contributed by atoms with van der Waals surface area (Å²) < 4.78 is 7.23. The predicted molar refractivity (Wildman–Crippen MR) is 98.1 cm³/mol. The summed E-state index contributed by atoms with van der Waals surface area (Å²) in [5, 5.41) is 16.4. The van der Waals surface area contributed by atoms with Crippen LogP contribution in [0.1, 0.15) is 40.3 Å². The van der Waals surface area contributed by atoms with Crippen molar-refractivity contribution < 1.29 is 14.4 Å². The first kappa shape index (κ1) is 17.7. The lowest BCUT2D eigenvalue weighted by Crippen LogP contribution is -2.37. The second-order valence-corrected chi connectivity index (χ2v) is 7.05. The molecule has 1 fully saturated rings. The number of likely N-dealkylation sites (tertiary alicyclic amines) is 1. The van der Waals surface area contributed by atoms with E-state index in [4.69, 9.17) is 4.52 Å². The standard InChI is InChI=1S/C19H23N5O3/c1-13-4-2-7-24-10-14(21-18(13)24)9-20-19(26)17-8-16(27-22-17)12-23-6-3-5-15(25)11-23/h2,4,7-8,10,15,25H,3,5-6,9,11-12H2,1H3,(H,20,26)/t15-/m0/s1. The summed E-state index contributed by atoms with van der Waals surface area (Å²) in [5.74, 6) is 0.329. The number of aliphatic hydroxyl groups is 1. The van der Waals surface area contributed by atoms with E-state index in [1.807, 2.05) is 35.9 Å².